The lowest BCUT2D eigenvalue weighted by molar-refractivity contribution is 0.494. The quantitative estimate of drug-likeness (QED) is 0.611. The van der Waals surface area contributed by atoms with Gasteiger partial charge in [-0.3, -0.25) is 5.43 Å². The van der Waals surface area contributed by atoms with Crippen molar-refractivity contribution < 1.29 is 0 Å². The number of hydrogen-bond donors (Lipinski definition) is 1. The zero-order valence-corrected chi connectivity index (χ0v) is 6.14. The highest BCUT2D eigenvalue weighted by Crippen LogP contribution is 2.06. The molecular weight excluding hydrogens is 136 g/mol. The minimum Gasteiger partial charge on any atom is -0.293 e. The summed E-state index contributed by atoms with van der Waals surface area (Å²) < 4.78 is 0. The first-order valence-electron chi connectivity index (χ1n) is 2.49. The van der Waals surface area contributed by atoms with Crippen LogP contribution in [0.3, 0.4) is 0 Å². The zero-order chi connectivity index (χ0) is 6.69. The summed E-state index contributed by atoms with van der Waals surface area (Å²) in [5.74, 6) is 0. The molecule has 4 nitrogen and oxygen atoms in total. The highest BCUT2D eigenvalue weighted by atomic mass is 32.1. The Labute approximate surface area is 57.5 Å². The highest BCUT2D eigenvalue weighted by molar-refractivity contribution is 7.13. The van der Waals surface area contributed by atoms with Crippen LogP contribution in [0.5, 0.6) is 0 Å². The zero-order valence-electron chi connectivity index (χ0n) is 5.33. The molecule has 0 radical (unpaired) electrons. The van der Waals surface area contributed by atoms with Crippen LogP contribution >= 0.6 is 11.3 Å². The Bertz CT molecular complexity index is 159. The first kappa shape index (κ1) is 6.44. The molecule has 0 fully saturated rings. The van der Waals surface area contributed by atoms with Crippen molar-refractivity contribution in [1.82, 2.24) is 15.2 Å². The van der Waals surface area contributed by atoms with Crippen LogP contribution in [-0.2, 0) is 0 Å². The van der Waals surface area contributed by atoms with Crippen molar-refractivity contribution in [3.05, 3.63) is 5.51 Å². The van der Waals surface area contributed by atoms with Crippen molar-refractivity contribution >= 4 is 16.5 Å². The maximum absolute atomic E-state index is 3.77. The molecule has 1 aromatic heterocycles. The van der Waals surface area contributed by atoms with Crippen molar-refractivity contribution in [2.24, 2.45) is 0 Å². The lowest BCUT2D eigenvalue weighted by atomic mass is 11.1. The summed E-state index contributed by atoms with van der Waals surface area (Å²) in [6, 6.07) is 0. The molecule has 0 aliphatic rings. The lowest BCUT2D eigenvalue weighted by Crippen LogP contribution is -2.19. The number of rotatable bonds is 2. The topological polar surface area (TPSA) is 41.0 Å². The van der Waals surface area contributed by atoms with E-state index in [0.717, 1.165) is 5.13 Å². The summed E-state index contributed by atoms with van der Waals surface area (Å²) in [5.41, 5.74) is 4.65. The molecule has 0 aliphatic carbocycles. The molecule has 0 saturated carbocycles. The molecular formula is C4H8N4S. The number of aromatic nitrogens is 2. The predicted molar refractivity (Wildman–Crippen MR) is 37.2 cm³/mol. The Morgan fingerprint density at radius 2 is 2.44 bits per heavy atom. The maximum Gasteiger partial charge on any atom is 0.219 e. The smallest absolute Gasteiger partial charge is 0.219 e. The normalized spacial score (nSPS) is 10.1. The van der Waals surface area contributed by atoms with Crippen LogP contribution in [0, 0.1) is 0 Å². The van der Waals surface area contributed by atoms with Gasteiger partial charge in [0.1, 0.15) is 5.51 Å². The summed E-state index contributed by atoms with van der Waals surface area (Å²) in [6.45, 7) is 0. The molecule has 0 saturated heterocycles. The molecule has 1 heterocycles. The van der Waals surface area contributed by atoms with E-state index >= 15 is 0 Å². The van der Waals surface area contributed by atoms with E-state index in [1.807, 2.05) is 19.1 Å². The average Bonchev–Trinajstić information content (AvgIpc) is 2.15. The molecule has 0 spiro atoms. The summed E-state index contributed by atoms with van der Waals surface area (Å²) >= 11 is 1.48. The average molecular weight is 144 g/mol. The second kappa shape index (κ2) is 2.75. The predicted octanol–water partition coefficient (Wildman–Crippen LogP) is 0.427. The van der Waals surface area contributed by atoms with Gasteiger partial charge in [-0.15, -0.1) is 10.2 Å². The molecule has 1 N–H and O–H groups in total. The van der Waals surface area contributed by atoms with Crippen LogP contribution in [0.2, 0.25) is 0 Å². The van der Waals surface area contributed by atoms with Gasteiger partial charge >= 0.3 is 0 Å². The van der Waals surface area contributed by atoms with Crippen LogP contribution < -0.4 is 5.43 Å². The SMILES string of the molecule is CN(C)Nc1nncs1. The van der Waals surface area contributed by atoms with Crippen molar-refractivity contribution in [2.75, 3.05) is 19.5 Å². The largest absolute Gasteiger partial charge is 0.293 e. The molecule has 1 aromatic rings. The fourth-order valence-electron chi connectivity index (χ4n) is 0.413. The van der Waals surface area contributed by atoms with E-state index in [1.165, 1.54) is 11.3 Å². The number of hydrogen-bond acceptors (Lipinski definition) is 5. The van der Waals surface area contributed by atoms with Crippen LogP contribution in [0.15, 0.2) is 5.51 Å². The van der Waals surface area contributed by atoms with Crippen LogP contribution in [0.4, 0.5) is 5.13 Å². The second-order valence-electron chi connectivity index (χ2n) is 1.75. The second-order valence-corrected chi connectivity index (χ2v) is 2.58. The van der Waals surface area contributed by atoms with Crippen molar-refractivity contribution in [3.8, 4) is 0 Å². The van der Waals surface area contributed by atoms with Gasteiger partial charge < -0.3 is 0 Å². The van der Waals surface area contributed by atoms with E-state index in [9.17, 15) is 0 Å². The number of anilines is 1. The van der Waals surface area contributed by atoms with E-state index < -0.39 is 0 Å². The van der Waals surface area contributed by atoms with Crippen molar-refractivity contribution in [2.45, 2.75) is 0 Å². The first-order chi connectivity index (χ1) is 4.29. The van der Waals surface area contributed by atoms with Crippen LogP contribution in [0.25, 0.3) is 0 Å². The monoisotopic (exact) mass is 144 g/mol. The third-order valence-electron chi connectivity index (χ3n) is 0.679. The van der Waals surface area contributed by atoms with Gasteiger partial charge in [0.15, 0.2) is 0 Å². The molecule has 0 bridgehead atoms. The van der Waals surface area contributed by atoms with Gasteiger partial charge in [0.25, 0.3) is 0 Å². The summed E-state index contributed by atoms with van der Waals surface area (Å²) in [5, 5.41) is 10.1. The molecule has 0 aliphatic heterocycles. The number of nitrogens with one attached hydrogen (secondary N) is 1. The molecule has 5 heteroatoms. The summed E-state index contributed by atoms with van der Waals surface area (Å²) in [6.07, 6.45) is 0. The molecule has 0 atom stereocenters. The van der Waals surface area contributed by atoms with Crippen molar-refractivity contribution in [1.29, 1.82) is 0 Å². The van der Waals surface area contributed by atoms with E-state index in [1.54, 1.807) is 5.51 Å². The standard InChI is InChI=1S/C4H8N4S/c1-8(2)7-4-6-5-3-9-4/h3H,1-2H3,(H,6,7). The van der Waals surface area contributed by atoms with Crippen LogP contribution in [0.1, 0.15) is 0 Å². The summed E-state index contributed by atoms with van der Waals surface area (Å²) in [4.78, 5) is 0. The molecule has 1 rings (SSSR count). The first-order valence-corrected chi connectivity index (χ1v) is 3.37. The third-order valence-corrected chi connectivity index (χ3v) is 1.28. The molecule has 0 amide bonds. The number of hydrazine groups is 1. The van der Waals surface area contributed by atoms with E-state index in [4.69, 9.17) is 0 Å². The summed E-state index contributed by atoms with van der Waals surface area (Å²) in [7, 11) is 3.81. The van der Waals surface area contributed by atoms with Gasteiger partial charge in [-0.2, -0.15) is 0 Å². The molecule has 9 heavy (non-hydrogen) atoms. The fraction of sp³-hybridized carbons (Fsp3) is 0.500. The Kier molecular flexibility index (Phi) is 1.96. The molecule has 0 unspecified atom stereocenters. The minimum atomic E-state index is 0.819. The highest BCUT2D eigenvalue weighted by Gasteiger charge is 1.93. The van der Waals surface area contributed by atoms with Gasteiger partial charge in [-0.25, -0.2) is 5.01 Å². The van der Waals surface area contributed by atoms with Crippen LogP contribution in [-0.4, -0.2) is 29.3 Å². The lowest BCUT2D eigenvalue weighted by Gasteiger charge is -2.07. The van der Waals surface area contributed by atoms with Gasteiger partial charge in [0, 0.05) is 14.1 Å². The number of nitrogens with zero attached hydrogens (tertiary/aromatic N) is 3. The van der Waals surface area contributed by atoms with Crippen molar-refractivity contribution in [3.63, 3.8) is 0 Å². The Balaban J connectivity index is 2.48. The molecule has 50 valence electrons. The maximum atomic E-state index is 3.77. The van der Waals surface area contributed by atoms with E-state index in [0.29, 0.717) is 0 Å². The Morgan fingerprint density at radius 3 is 2.89 bits per heavy atom. The molecule has 0 aromatic carbocycles. The Hall–Kier alpha value is -0.680. The van der Waals surface area contributed by atoms with Gasteiger partial charge in [0.05, 0.1) is 0 Å². The van der Waals surface area contributed by atoms with Gasteiger partial charge in [-0.05, 0) is 0 Å². The van der Waals surface area contributed by atoms with Gasteiger partial charge in [-0.1, -0.05) is 11.3 Å². The third kappa shape index (κ3) is 1.95. The Morgan fingerprint density at radius 1 is 1.67 bits per heavy atom. The minimum absolute atomic E-state index is 0.819. The van der Waals surface area contributed by atoms with E-state index in [-0.39, 0.29) is 0 Å². The fourth-order valence-corrected chi connectivity index (χ4v) is 0.937. The van der Waals surface area contributed by atoms with E-state index in [2.05, 4.69) is 15.6 Å². The van der Waals surface area contributed by atoms with Gasteiger partial charge in [0.2, 0.25) is 5.13 Å².